The first kappa shape index (κ1) is 12.4. The lowest BCUT2D eigenvalue weighted by molar-refractivity contribution is 0.0697. The van der Waals surface area contributed by atoms with Crippen LogP contribution in [0.15, 0.2) is 23.1 Å². The minimum absolute atomic E-state index is 0.107. The average Bonchev–Trinajstić information content (AvgIpc) is 2.84. The van der Waals surface area contributed by atoms with Gasteiger partial charge < -0.3 is 10.4 Å². The third kappa shape index (κ3) is 3.00. The van der Waals surface area contributed by atoms with Crippen LogP contribution in [-0.2, 0) is 6.54 Å². The maximum absolute atomic E-state index is 11.0. The maximum Gasteiger partial charge on any atom is 0.339 e. The summed E-state index contributed by atoms with van der Waals surface area (Å²) in [6, 6.07) is 1.49. The van der Waals surface area contributed by atoms with Gasteiger partial charge in [-0.1, -0.05) is 0 Å². The number of anilines is 1. The number of hydrogen-bond acceptors (Lipinski definition) is 6. The Hall–Kier alpha value is -2.03. The molecule has 9 heteroatoms. The molecule has 0 fully saturated rings. The number of nitrogens with zero attached hydrogens (tertiary/aromatic N) is 5. The lowest BCUT2D eigenvalue weighted by atomic mass is 10.2. The van der Waals surface area contributed by atoms with E-state index in [1.54, 1.807) is 0 Å². The molecule has 0 amide bonds. The van der Waals surface area contributed by atoms with Crippen LogP contribution < -0.4 is 5.32 Å². The fourth-order valence-corrected chi connectivity index (χ4v) is 1.64. The molecule has 0 unspecified atom stereocenters. The van der Waals surface area contributed by atoms with Gasteiger partial charge in [0.05, 0.1) is 6.54 Å². The van der Waals surface area contributed by atoms with Gasteiger partial charge in [0, 0.05) is 17.2 Å². The van der Waals surface area contributed by atoms with Gasteiger partial charge in [-0.15, -0.1) is 10.2 Å². The molecule has 2 N–H and O–H groups in total. The third-order valence-corrected chi connectivity index (χ3v) is 2.51. The summed E-state index contributed by atoms with van der Waals surface area (Å²) in [4.78, 5) is 16.4. The van der Waals surface area contributed by atoms with Crippen LogP contribution in [0.5, 0.6) is 0 Å². The van der Waals surface area contributed by atoms with Crippen molar-refractivity contribution in [2.45, 2.75) is 6.54 Å². The van der Waals surface area contributed by atoms with E-state index in [4.69, 9.17) is 5.11 Å². The van der Waals surface area contributed by atoms with Gasteiger partial charge in [0.1, 0.15) is 11.4 Å². The number of carboxylic acid groups (broad SMARTS) is 1. The summed E-state index contributed by atoms with van der Waals surface area (Å²) < 4.78 is 0.614. The molecule has 2 aromatic heterocycles. The molecule has 2 rings (SSSR count). The lowest BCUT2D eigenvalue weighted by Gasteiger charge is -2.08. The van der Waals surface area contributed by atoms with Crippen LogP contribution in [0.2, 0.25) is 0 Å². The molecule has 0 spiro atoms. The second-order valence-electron chi connectivity index (χ2n) is 3.31. The van der Waals surface area contributed by atoms with Gasteiger partial charge in [-0.05, 0) is 27.2 Å². The Labute approximate surface area is 110 Å². The molecule has 8 nitrogen and oxygen atoms in total. The Balaban J connectivity index is 2.02. The lowest BCUT2D eigenvalue weighted by Crippen LogP contribution is -2.15. The standard InChI is InChI=1S/C9H9BrN6O2/c10-6-3-7(9(17)18)8(12-4-6)11-1-2-16-14-5-13-15-16/h3-5H,1-2H2,(H,11,12)(H,17,18). The van der Waals surface area contributed by atoms with Crippen molar-refractivity contribution in [1.82, 2.24) is 25.2 Å². The highest BCUT2D eigenvalue weighted by atomic mass is 79.9. The number of aromatic carboxylic acids is 1. The van der Waals surface area contributed by atoms with Crippen molar-refractivity contribution in [3.05, 3.63) is 28.6 Å². The molecule has 0 atom stereocenters. The minimum atomic E-state index is -1.04. The van der Waals surface area contributed by atoms with Crippen molar-refractivity contribution in [2.24, 2.45) is 0 Å². The molecule has 0 bridgehead atoms. The van der Waals surface area contributed by atoms with Crippen LogP contribution in [0.25, 0.3) is 0 Å². The molecule has 0 aliphatic heterocycles. The fraction of sp³-hybridized carbons (Fsp3) is 0.222. The number of rotatable bonds is 5. The Morgan fingerprint density at radius 2 is 2.39 bits per heavy atom. The first-order valence-electron chi connectivity index (χ1n) is 5.00. The SMILES string of the molecule is O=C(O)c1cc(Br)cnc1NCCn1ncnn1. The summed E-state index contributed by atoms with van der Waals surface area (Å²) in [5.74, 6) is -0.726. The van der Waals surface area contributed by atoms with E-state index in [9.17, 15) is 4.79 Å². The van der Waals surface area contributed by atoms with Crippen molar-refractivity contribution in [3.8, 4) is 0 Å². The molecule has 0 aliphatic carbocycles. The maximum atomic E-state index is 11.0. The summed E-state index contributed by atoms with van der Waals surface area (Å²) in [7, 11) is 0. The van der Waals surface area contributed by atoms with Gasteiger partial charge >= 0.3 is 5.97 Å². The molecular weight excluding hydrogens is 304 g/mol. The molecular formula is C9H9BrN6O2. The molecule has 0 radical (unpaired) electrons. The first-order chi connectivity index (χ1) is 8.66. The van der Waals surface area contributed by atoms with Gasteiger partial charge in [-0.2, -0.15) is 4.80 Å². The average molecular weight is 313 g/mol. The van der Waals surface area contributed by atoms with E-state index >= 15 is 0 Å². The van der Waals surface area contributed by atoms with Crippen LogP contribution in [0.4, 0.5) is 5.82 Å². The summed E-state index contributed by atoms with van der Waals surface area (Å²) >= 11 is 3.18. The van der Waals surface area contributed by atoms with E-state index in [2.05, 4.69) is 41.6 Å². The number of carboxylic acids is 1. The number of pyridine rings is 1. The monoisotopic (exact) mass is 312 g/mol. The van der Waals surface area contributed by atoms with Crippen LogP contribution in [0.1, 0.15) is 10.4 Å². The second kappa shape index (κ2) is 5.54. The Morgan fingerprint density at radius 1 is 1.56 bits per heavy atom. The molecule has 18 heavy (non-hydrogen) atoms. The summed E-state index contributed by atoms with van der Waals surface area (Å²) in [6.45, 7) is 0.919. The van der Waals surface area contributed by atoms with Crippen molar-refractivity contribution in [1.29, 1.82) is 0 Å². The summed E-state index contributed by atoms with van der Waals surface area (Å²) in [6.07, 6.45) is 2.86. The number of halogens is 1. The Kier molecular flexibility index (Phi) is 3.82. The molecule has 0 saturated heterocycles. The van der Waals surface area contributed by atoms with E-state index in [0.717, 1.165) is 0 Å². The minimum Gasteiger partial charge on any atom is -0.478 e. The number of nitrogens with one attached hydrogen (secondary N) is 1. The summed E-state index contributed by atoms with van der Waals surface area (Å²) in [5.41, 5.74) is 0.107. The van der Waals surface area contributed by atoms with Crippen molar-refractivity contribution >= 4 is 27.7 Å². The highest BCUT2D eigenvalue weighted by molar-refractivity contribution is 9.10. The van der Waals surface area contributed by atoms with Gasteiger partial charge in [-0.25, -0.2) is 9.78 Å². The molecule has 0 saturated carbocycles. The zero-order valence-corrected chi connectivity index (χ0v) is 10.7. The van der Waals surface area contributed by atoms with Crippen LogP contribution in [0.3, 0.4) is 0 Å². The third-order valence-electron chi connectivity index (χ3n) is 2.08. The quantitative estimate of drug-likeness (QED) is 0.834. The van der Waals surface area contributed by atoms with Crippen molar-refractivity contribution < 1.29 is 9.90 Å². The zero-order valence-electron chi connectivity index (χ0n) is 9.12. The Morgan fingerprint density at radius 3 is 3.06 bits per heavy atom. The van der Waals surface area contributed by atoms with E-state index in [1.807, 2.05) is 0 Å². The van der Waals surface area contributed by atoms with Crippen LogP contribution in [-0.4, -0.2) is 42.8 Å². The predicted octanol–water partition coefficient (Wildman–Crippen LogP) is 0.641. The predicted molar refractivity (Wildman–Crippen MR) is 65.2 cm³/mol. The van der Waals surface area contributed by atoms with Crippen molar-refractivity contribution in [3.63, 3.8) is 0 Å². The number of carbonyl (C=O) groups is 1. The van der Waals surface area contributed by atoms with Gasteiger partial charge in [0.15, 0.2) is 6.33 Å². The number of hydrogen-bond donors (Lipinski definition) is 2. The molecule has 2 heterocycles. The largest absolute Gasteiger partial charge is 0.478 e. The summed E-state index contributed by atoms with van der Waals surface area (Å²) in [5, 5.41) is 23.0. The highest BCUT2D eigenvalue weighted by Crippen LogP contribution is 2.17. The van der Waals surface area contributed by atoms with Gasteiger partial charge in [0.25, 0.3) is 0 Å². The van der Waals surface area contributed by atoms with E-state index in [-0.39, 0.29) is 5.56 Å². The molecule has 2 aromatic rings. The fourth-order valence-electron chi connectivity index (χ4n) is 1.31. The smallest absolute Gasteiger partial charge is 0.339 e. The van der Waals surface area contributed by atoms with Crippen LogP contribution in [0, 0.1) is 0 Å². The zero-order chi connectivity index (χ0) is 13.0. The first-order valence-corrected chi connectivity index (χ1v) is 5.79. The normalized spacial score (nSPS) is 10.3. The van der Waals surface area contributed by atoms with E-state index in [1.165, 1.54) is 23.4 Å². The molecule has 0 aromatic carbocycles. The van der Waals surface area contributed by atoms with Crippen LogP contribution >= 0.6 is 15.9 Å². The number of aromatic nitrogens is 5. The van der Waals surface area contributed by atoms with Crippen molar-refractivity contribution in [2.75, 3.05) is 11.9 Å². The highest BCUT2D eigenvalue weighted by Gasteiger charge is 2.11. The topological polar surface area (TPSA) is 106 Å². The van der Waals surface area contributed by atoms with E-state index in [0.29, 0.717) is 23.4 Å². The van der Waals surface area contributed by atoms with E-state index < -0.39 is 5.97 Å². The van der Waals surface area contributed by atoms with Gasteiger partial charge in [0.2, 0.25) is 0 Å². The Bertz CT molecular complexity index is 544. The molecule has 0 aliphatic rings. The number of tetrazole rings is 1. The van der Waals surface area contributed by atoms with Gasteiger partial charge in [-0.3, -0.25) is 0 Å². The second-order valence-corrected chi connectivity index (χ2v) is 4.23. The molecule has 94 valence electrons.